The SMILES string of the molecule is Cn1cc(-c2cc3cccnc3[nH]2)c2cc(C(=O)NCCC(N)=O)ccc21. The van der Waals surface area contributed by atoms with E-state index in [0.717, 1.165) is 33.2 Å². The summed E-state index contributed by atoms with van der Waals surface area (Å²) in [5, 5.41) is 4.71. The maximum absolute atomic E-state index is 12.4. The Labute approximate surface area is 155 Å². The van der Waals surface area contributed by atoms with E-state index in [1.54, 1.807) is 12.3 Å². The van der Waals surface area contributed by atoms with Gasteiger partial charge in [-0.3, -0.25) is 9.59 Å². The molecule has 7 nitrogen and oxygen atoms in total. The number of nitrogens with two attached hydrogens (primary N) is 1. The van der Waals surface area contributed by atoms with Gasteiger partial charge in [-0.05, 0) is 36.4 Å². The Morgan fingerprint density at radius 3 is 2.89 bits per heavy atom. The number of amides is 2. The number of aryl methyl sites for hydroxylation is 1. The van der Waals surface area contributed by atoms with Gasteiger partial charge >= 0.3 is 0 Å². The second kappa shape index (κ2) is 6.60. The molecular formula is C20H19N5O2. The Balaban J connectivity index is 1.73. The third kappa shape index (κ3) is 3.15. The molecule has 4 aromatic rings. The van der Waals surface area contributed by atoms with E-state index in [1.807, 2.05) is 42.1 Å². The van der Waals surface area contributed by atoms with Crippen molar-refractivity contribution in [2.75, 3.05) is 6.54 Å². The highest BCUT2D eigenvalue weighted by Crippen LogP contribution is 2.32. The number of aromatic amines is 1. The van der Waals surface area contributed by atoms with E-state index in [-0.39, 0.29) is 18.9 Å². The monoisotopic (exact) mass is 361 g/mol. The van der Waals surface area contributed by atoms with Crippen LogP contribution < -0.4 is 11.1 Å². The van der Waals surface area contributed by atoms with Gasteiger partial charge in [-0.25, -0.2) is 4.98 Å². The van der Waals surface area contributed by atoms with Gasteiger partial charge in [-0.2, -0.15) is 0 Å². The summed E-state index contributed by atoms with van der Waals surface area (Å²) in [5.74, 6) is -0.671. The fourth-order valence-corrected chi connectivity index (χ4v) is 3.25. The normalized spacial score (nSPS) is 11.1. The number of primary amides is 1. The van der Waals surface area contributed by atoms with E-state index < -0.39 is 5.91 Å². The quantitative estimate of drug-likeness (QED) is 0.508. The number of fused-ring (bicyclic) bond motifs is 2. The molecule has 136 valence electrons. The molecular weight excluding hydrogens is 342 g/mol. The molecule has 0 aliphatic rings. The predicted octanol–water partition coefficient (Wildman–Crippen LogP) is 2.33. The first kappa shape index (κ1) is 16.8. The summed E-state index contributed by atoms with van der Waals surface area (Å²) < 4.78 is 2.03. The van der Waals surface area contributed by atoms with E-state index >= 15 is 0 Å². The van der Waals surface area contributed by atoms with Crippen molar-refractivity contribution in [3.05, 3.63) is 54.4 Å². The number of hydrogen-bond acceptors (Lipinski definition) is 3. The molecule has 0 fully saturated rings. The summed E-state index contributed by atoms with van der Waals surface area (Å²) in [6, 6.07) is 11.5. The zero-order valence-corrected chi connectivity index (χ0v) is 14.8. The van der Waals surface area contributed by atoms with E-state index in [2.05, 4.69) is 21.4 Å². The minimum atomic E-state index is -0.441. The van der Waals surface area contributed by atoms with Crippen LogP contribution in [0.5, 0.6) is 0 Å². The number of aromatic nitrogens is 3. The van der Waals surface area contributed by atoms with Crippen molar-refractivity contribution in [2.45, 2.75) is 6.42 Å². The number of benzene rings is 1. The number of nitrogens with one attached hydrogen (secondary N) is 2. The molecule has 0 spiro atoms. The second-order valence-electron chi connectivity index (χ2n) is 6.48. The zero-order chi connectivity index (χ0) is 19.0. The van der Waals surface area contributed by atoms with Gasteiger partial charge in [0.15, 0.2) is 0 Å². The van der Waals surface area contributed by atoms with Gasteiger partial charge in [0.25, 0.3) is 5.91 Å². The lowest BCUT2D eigenvalue weighted by Crippen LogP contribution is -2.27. The molecule has 0 aliphatic carbocycles. The lowest BCUT2D eigenvalue weighted by atomic mass is 10.1. The standard InChI is InChI=1S/C20H19N5O2/c1-25-11-15(16-10-12-3-2-7-22-19(12)24-16)14-9-13(4-5-17(14)25)20(27)23-8-6-18(21)26/h2-5,7,9-11H,6,8H2,1H3,(H2,21,26)(H,22,24)(H,23,27). The first-order valence-corrected chi connectivity index (χ1v) is 8.62. The zero-order valence-electron chi connectivity index (χ0n) is 14.8. The minimum absolute atomic E-state index is 0.118. The van der Waals surface area contributed by atoms with Crippen molar-refractivity contribution in [3.63, 3.8) is 0 Å². The van der Waals surface area contributed by atoms with Crippen molar-refractivity contribution in [1.29, 1.82) is 0 Å². The lowest BCUT2D eigenvalue weighted by Gasteiger charge is -2.05. The van der Waals surface area contributed by atoms with Crippen LogP contribution in [0.4, 0.5) is 0 Å². The Kier molecular flexibility index (Phi) is 4.12. The molecule has 0 bridgehead atoms. The van der Waals surface area contributed by atoms with Crippen molar-refractivity contribution in [3.8, 4) is 11.3 Å². The Morgan fingerprint density at radius 1 is 1.26 bits per heavy atom. The number of carbonyl (C=O) groups is 2. The van der Waals surface area contributed by atoms with Crippen LogP contribution >= 0.6 is 0 Å². The van der Waals surface area contributed by atoms with Gasteiger partial charge in [0, 0.05) is 65.5 Å². The molecule has 3 aromatic heterocycles. The van der Waals surface area contributed by atoms with E-state index in [9.17, 15) is 9.59 Å². The Bertz CT molecular complexity index is 1140. The van der Waals surface area contributed by atoms with Gasteiger partial charge in [0.2, 0.25) is 5.91 Å². The summed E-state index contributed by atoms with van der Waals surface area (Å²) in [4.78, 5) is 30.9. The van der Waals surface area contributed by atoms with Gasteiger partial charge in [-0.1, -0.05) is 0 Å². The third-order valence-electron chi connectivity index (χ3n) is 4.59. The van der Waals surface area contributed by atoms with Crippen LogP contribution in [0.15, 0.2) is 48.8 Å². The van der Waals surface area contributed by atoms with Crippen molar-refractivity contribution >= 4 is 33.8 Å². The number of hydrogen-bond donors (Lipinski definition) is 3. The van der Waals surface area contributed by atoms with Crippen molar-refractivity contribution in [2.24, 2.45) is 12.8 Å². The Morgan fingerprint density at radius 2 is 2.11 bits per heavy atom. The number of rotatable bonds is 5. The molecule has 27 heavy (non-hydrogen) atoms. The van der Waals surface area contributed by atoms with Gasteiger partial charge < -0.3 is 20.6 Å². The van der Waals surface area contributed by atoms with Crippen LogP contribution in [-0.4, -0.2) is 32.9 Å². The molecule has 2 amide bonds. The number of H-pyrrole nitrogens is 1. The number of nitrogens with zero attached hydrogens (tertiary/aromatic N) is 2. The molecule has 0 saturated heterocycles. The summed E-state index contributed by atoms with van der Waals surface area (Å²) >= 11 is 0. The third-order valence-corrected chi connectivity index (χ3v) is 4.59. The van der Waals surface area contributed by atoms with Gasteiger partial charge in [0.1, 0.15) is 5.65 Å². The molecule has 0 atom stereocenters. The van der Waals surface area contributed by atoms with E-state index in [0.29, 0.717) is 5.56 Å². The van der Waals surface area contributed by atoms with Crippen molar-refractivity contribution < 1.29 is 9.59 Å². The fourth-order valence-electron chi connectivity index (χ4n) is 3.25. The lowest BCUT2D eigenvalue weighted by molar-refractivity contribution is -0.117. The summed E-state index contributed by atoms with van der Waals surface area (Å²) in [5.41, 5.74) is 9.43. The van der Waals surface area contributed by atoms with Crippen LogP contribution in [0.2, 0.25) is 0 Å². The summed E-state index contributed by atoms with van der Waals surface area (Å²) in [6.45, 7) is 0.224. The molecule has 1 aromatic carbocycles. The molecule has 0 unspecified atom stereocenters. The topological polar surface area (TPSA) is 106 Å². The van der Waals surface area contributed by atoms with Crippen LogP contribution in [-0.2, 0) is 11.8 Å². The molecule has 0 saturated carbocycles. The highest BCUT2D eigenvalue weighted by molar-refractivity contribution is 6.03. The highest BCUT2D eigenvalue weighted by Gasteiger charge is 2.14. The average molecular weight is 361 g/mol. The van der Waals surface area contributed by atoms with E-state index in [1.165, 1.54) is 0 Å². The molecule has 4 rings (SSSR count). The Hall–Kier alpha value is -3.61. The summed E-state index contributed by atoms with van der Waals surface area (Å²) in [6.07, 6.45) is 3.90. The maximum atomic E-state index is 12.4. The molecule has 7 heteroatoms. The van der Waals surface area contributed by atoms with Crippen LogP contribution in [0.3, 0.4) is 0 Å². The maximum Gasteiger partial charge on any atom is 0.251 e. The second-order valence-corrected chi connectivity index (χ2v) is 6.48. The number of pyridine rings is 1. The van der Waals surface area contributed by atoms with Gasteiger partial charge in [0.05, 0.1) is 0 Å². The smallest absolute Gasteiger partial charge is 0.251 e. The van der Waals surface area contributed by atoms with Crippen LogP contribution in [0, 0.1) is 0 Å². The molecule has 4 N–H and O–H groups in total. The fraction of sp³-hybridized carbons (Fsp3) is 0.150. The minimum Gasteiger partial charge on any atom is -0.370 e. The highest BCUT2D eigenvalue weighted by atomic mass is 16.2. The van der Waals surface area contributed by atoms with Crippen LogP contribution in [0.25, 0.3) is 33.2 Å². The first-order chi connectivity index (χ1) is 13.0. The van der Waals surface area contributed by atoms with Crippen molar-refractivity contribution in [1.82, 2.24) is 19.9 Å². The molecule has 0 radical (unpaired) electrons. The predicted molar refractivity (Wildman–Crippen MR) is 104 cm³/mol. The summed E-state index contributed by atoms with van der Waals surface area (Å²) in [7, 11) is 1.97. The van der Waals surface area contributed by atoms with E-state index in [4.69, 9.17) is 5.73 Å². The van der Waals surface area contributed by atoms with Crippen LogP contribution in [0.1, 0.15) is 16.8 Å². The molecule has 0 aliphatic heterocycles. The number of carbonyl (C=O) groups excluding carboxylic acids is 2. The molecule has 3 heterocycles. The van der Waals surface area contributed by atoms with Gasteiger partial charge in [-0.15, -0.1) is 0 Å². The first-order valence-electron chi connectivity index (χ1n) is 8.62. The average Bonchev–Trinajstić information content (AvgIpc) is 3.22. The largest absolute Gasteiger partial charge is 0.370 e.